The number of esters is 2. The van der Waals surface area contributed by atoms with Crippen molar-refractivity contribution in [3.63, 3.8) is 0 Å². The molecule has 0 saturated heterocycles. The highest BCUT2D eigenvalue weighted by Crippen LogP contribution is 2.69. The summed E-state index contributed by atoms with van der Waals surface area (Å²) in [5, 5.41) is 0. The molecule has 4 fully saturated rings. The molecule has 5 nitrogen and oxygen atoms in total. The summed E-state index contributed by atoms with van der Waals surface area (Å²) >= 11 is 0. The summed E-state index contributed by atoms with van der Waals surface area (Å²) < 4.78 is 16.1. The van der Waals surface area contributed by atoms with Gasteiger partial charge in [-0.05, 0) is 81.5 Å². The predicted octanol–water partition coefficient (Wildman–Crippen LogP) is 3.41. The lowest BCUT2D eigenvalue weighted by atomic mass is 9.67. The molecule has 0 aliphatic heterocycles. The van der Waals surface area contributed by atoms with Gasteiger partial charge in [0.25, 0.3) is 0 Å². The molecule has 4 bridgehead atoms. The van der Waals surface area contributed by atoms with Gasteiger partial charge in [-0.3, -0.25) is 9.59 Å². The smallest absolute Gasteiger partial charge is 0.311 e. The molecule has 0 aromatic carbocycles. The fraction of sp³-hybridized carbons (Fsp3) is 0.905. The molecule has 0 heterocycles. The fourth-order valence-electron chi connectivity index (χ4n) is 6.61. The normalized spacial score (nSPS) is 42.8. The van der Waals surface area contributed by atoms with Gasteiger partial charge in [-0.2, -0.15) is 0 Å². The van der Waals surface area contributed by atoms with Crippen LogP contribution in [0.15, 0.2) is 0 Å². The lowest BCUT2D eigenvalue weighted by molar-refractivity contribution is -0.166. The Balaban J connectivity index is 1.41. The Morgan fingerprint density at radius 1 is 1.00 bits per heavy atom. The first-order valence-electron chi connectivity index (χ1n) is 10.2. The molecule has 4 aliphatic carbocycles. The third-order valence-corrected chi connectivity index (χ3v) is 8.07. The Bertz CT molecular complexity index is 585. The van der Waals surface area contributed by atoms with Crippen LogP contribution in [-0.4, -0.2) is 31.9 Å². The average molecular weight is 364 g/mol. The van der Waals surface area contributed by atoms with Gasteiger partial charge in [-0.15, -0.1) is 0 Å². The second-order valence-corrected chi connectivity index (χ2v) is 9.60. The van der Waals surface area contributed by atoms with Crippen LogP contribution in [0.1, 0.15) is 52.9 Å². The van der Waals surface area contributed by atoms with Gasteiger partial charge in [0, 0.05) is 7.11 Å². The number of ether oxygens (including phenoxy) is 3. The van der Waals surface area contributed by atoms with Crippen molar-refractivity contribution < 1.29 is 23.8 Å². The van der Waals surface area contributed by atoms with E-state index in [-0.39, 0.29) is 30.8 Å². The van der Waals surface area contributed by atoms with E-state index < -0.39 is 5.41 Å². The first-order valence-corrected chi connectivity index (χ1v) is 10.2. The van der Waals surface area contributed by atoms with E-state index in [1.54, 1.807) is 7.11 Å². The molecule has 0 spiro atoms. The fourth-order valence-corrected chi connectivity index (χ4v) is 6.61. The van der Waals surface area contributed by atoms with Crippen LogP contribution in [0.4, 0.5) is 0 Å². The Morgan fingerprint density at radius 3 is 2.35 bits per heavy atom. The zero-order valence-corrected chi connectivity index (χ0v) is 16.4. The molecular formula is C21H32O5. The Kier molecular flexibility index (Phi) is 4.57. The van der Waals surface area contributed by atoms with E-state index >= 15 is 0 Å². The summed E-state index contributed by atoms with van der Waals surface area (Å²) in [5.41, 5.74) is -0.397. The summed E-state index contributed by atoms with van der Waals surface area (Å²) in [7, 11) is 1.54. The van der Waals surface area contributed by atoms with Crippen LogP contribution in [-0.2, 0) is 23.8 Å². The van der Waals surface area contributed by atoms with Crippen LogP contribution in [0.3, 0.4) is 0 Å². The van der Waals surface area contributed by atoms with Gasteiger partial charge in [0.05, 0.1) is 11.3 Å². The molecule has 0 amide bonds. The van der Waals surface area contributed by atoms with Crippen LogP contribution in [0.2, 0.25) is 0 Å². The third-order valence-electron chi connectivity index (χ3n) is 8.07. The van der Waals surface area contributed by atoms with Crippen molar-refractivity contribution in [2.45, 2.75) is 59.0 Å². The number of carbonyl (C=O) groups is 2. The van der Waals surface area contributed by atoms with Crippen molar-refractivity contribution in [1.29, 1.82) is 0 Å². The summed E-state index contributed by atoms with van der Waals surface area (Å²) in [6, 6.07) is 0. The molecule has 8 atom stereocenters. The second kappa shape index (κ2) is 6.50. The van der Waals surface area contributed by atoms with E-state index in [1.165, 1.54) is 6.42 Å². The molecule has 26 heavy (non-hydrogen) atoms. The van der Waals surface area contributed by atoms with Crippen LogP contribution in [0.5, 0.6) is 0 Å². The van der Waals surface area contributed by atoms with Gasteiger partial charge in [0.15, 0.2) is 6.79 Å². The minimum atomic E-state index is -0.397. The number of hydrogen-bond acceptors (Lipinski definition) is 5. The highest BCUT2D eigenvalue weighted by molar-refractivity contribution is 5.76. The molecule has 0 N–H and O–H groups in total. The van der Waals surface area contributed by atoms with E-state index in [0.717, 1.165) is 25.7 Å². The Hall–Kier alpha value is -1.10. The molecule has 0 aromatic rings. The number of methoxy groups -OCH3 is 1. The lowest BCUT2D eigenvalue weighted by Crippen LogP contribution is -2.42. The predicted molar refractivity (Wildman–Crippen MR) is 94.8 cm³/mol. The van der Waals surface area contributed by atoms with Crippen LogP contribution >= 0.6 is 0 Å². The summed E-state index contributed by atoms with van der Waals surface area (Å²) in [4.78, 5) is 24.9. The van der Waals surface area contributed by atoms with Gasteiger partial charge >= 0.3 is 11.9 Å². The maximum absolute atomic E-state index is 12.5. The molecule has 146 valence electrons. The average Bonchev–Trinajstić information content (AvgIpc) is 3.36. The zero-order valence-electron chi connectivity index (χ0n) is 16.4. The third kappa shape index (κ3) is 2.69. The molecular weight excluding hydrogens is 332 g/mol. The molecule has 8 unspecified atom stereocenters. The van der Waals surface area contributed by atoms with Crippen molar-refractivity contribution in [1.82, 2.24) is 0 Å². The number of hydrogen-bond donors (Lipinski definition) is 0. The van der Waals surface area contributed by atoms with Gasteiger partial charge < -0.3 is 14.2 Å². The SMILES string of the molecule is CCC(C)(C)C(=O)OC1CC2CC1C1C3CC(C(=O)OCOC)C(C3)C21. The van der Waals surface area contributed by atoms with E-state index in [4.69, 9.17) is 14.2 Å². The standard InChI is InChI=1S/C21H32O5/c1-5-21(2,3)20(23)26-16-9-12-8-15(16)18-11-6-13(17(12)18)14(7-11)19(22)25-10-24-4/h11-18H,5-10H2,1-4H3. The minimum Gasteiger partial charge on any atom is -0.462 e. The zero-order chi connectivity index (χ0) is 18.6. The summed E-state index contributed by atoms with van der Waals surface area (Å²) in [5.74, 6) is 3.39. The number of carbonyl (C=O) groups excluding carboxylic acids is 2. The Labute approximate surface area is 156 Å². The molecule has 0 aromatic heterocycles. The first-order chi connectivity index (χ1) is 12.4. The van der Waals surface area contributed by atoms with Crippen LogP contribution in [0.25, 0.3) is 0 Å². The summed E-state index contributed by atoms with van der Waals surface area (Å²) in [6.45, 7) is 6.03. The lowest BCUT2D eigenvalue weighted by Gasteiger charge is -2.41. The van der Waals surface area contributed by atoms with Gasteiger partial charge in [-0.1, -0.05) is 6.92 Å². The quantitative estimate of drug-likeness (QED) is 0.411. The van der Waals surface area contributed by atoms with Gasteiger partial charge in [-0.25, -0.2) is 0 Å². The second-order valence-electron chi connectivity index (χ2n) is 9.60. The van der Waals surface area contributed by atoms with Crippen LogP contribution in [0, 0.1) is 46.8 Å². The maximum atomic E-state index is 12.5. The van der Waals surface area contributed by atoms with Crippen molar-refractivity contribution >= 4 is 11.9 Å². The molecule has 5 heteroatoms. The van der Waals surface area contributed by atoms with Gasteiger partial charge in [0.2, 0.25) is 0 Å². The van der Waals surface area contributed by atoms with Crippen molar-refractivity contribution in [2.24, 2.45) is 46.8 Å². The topological polar surface area (TPSA) is 61.8 Å². The van der Waals surface area contributed by atoms with E-state index in [1.807, 2.05) is 20.8 Å². The minimum absolute atomic E-state index is 0.0433. The summed E-state index contributed by atoms with van der Waals surface area (Å²) in [6.07, 6.45) is 5.15. The van der Waals surface area contributed by atoms with E-state index in [2.05, 4.69) is 0 Å². The molecule has 0 radical (unpaired) electrons. The van der Waals surface area contributed by atoms with Gasteiger partial charge in [0.1, 0.15) is 6.10 Å². The first kappa shape index (κ1) is 18.3. The maximum Gasteiger partial charge on any atom is 0.311 e. The number of fused-ring (bicyclic) bond motifs is 9. The highest BCUT2D eigenvalue weighted by atomic mass is 16.7. The van der Waals surface area contributed by atoms with Crippen molar-refractivity contribution in [2.75, 3.05) is 13.9 Å². The largest absolute Gasteiger partial charge is 0.462 e. The van der Waals surface area contributed by atoms with E-state index in [0.29, 0.717) is 35.5 Å². The molecule has 4 aliphatic rings. The number of rotatable bonds is 6. The molecule has 4 saturated carbocycles. The van der Waals surface area contributed by atoms with Crippen molar-refractivity contribution in [3.05, 3.63) is 0 Å². The highest BCUT2D eigenvalue weighted by Gasteiger charge is 2.66. The van der Waals surface area contributed by atoms with Crippen molar-refractivity contribution in [3.8, 4) is 0 Å². The Morgan fingerprint density at radius 2 is 1.65 bits per heavy atom. The monoisotopic (exact) mass is 364 g/mol. The van der Waals surface area contributed by atoms with Crippen LogP contribution < -0.4 is 0 Å². The molecule has 4 rings (SSSR count). The van der Waals surface area contributed by atoms with E-state index in [9.17, 15) is 9.59 Å².